The Labute approximate surface area is 141 Å². The number of nitrogens with zero attached hydrogens (tertiary/aromatic N) is 4. The molecule has 0 saturated heterocycles. The van der Waals surface area contributed by atoms with Crippen molar-refractivity contribution in [2.75, 3.05) is 18.0 Å². The van der Waals surface area contributed by atoms with Crippen molar-refractivity contribution >= 4 is 11.6 Å². The molecule has 0 radical (unpaired) electrons. The molecule has 0 saturated carbocycles. The number of nitrogens with one attached hydrogen (secondary N) is 1. The molecule has 126 valence electrons. The van der Waals surface area contributed by atoms with E-state index in [1.807, 2.05) is 28.6 Å². The van der Waals surface area contributed by atoms with Crippen molar-refractivity contribution in [1.82, 2.24) is 20.1 Å². The second-order valence-corrected chi connectivity index (χ2v) is 6.65. The summed E-state index contributed by atoms with van der Waals surface area (Å²) in [7, 11) is 0. The number of anilines is 1. The highest BCUT2D eigenvalue weighted by molar-refractivity contribution is 5.95. The van der Waals surface area contributed by atoms with Crippen LogP contribution in [0.4, 0.5) is 5.69 Å². The van der Waals surface area contributed by atoms with Crippen LogP contribution in [0.2, 0.25) is 0 Å². The third kappa shape index (κ3) is 2.94. The van der Waals surface area contributed by atoms with Crippen molar-refractivity contribution in [3.8, 4) is 0 Å². The maximum atomic E-state index is 12.7. The van der Waals surface area contributed by atoms with E-state index in [0.717, 1.165) is 56.1 Å². The summed E-state index contributed by atoms with van der Waals surface area (Å²) in [5.74, 6) is 2.04. The third-order valence-corrected chi connectivity index (χ3v) is 4.92. The third-order valence-electron chi connectivity index (χ3n) is 4.92. The Morgan fingerprint density at radius 3 is 3.12 bits per heavy atom. The van der Waals surface area contributed by atoms with E-state index >= 15 is 0 Å². The van der Waals surface area contributed by atoms with E-state index < -0.39 is 0 Å². The van der Waals surface area contributed by atoms with E-state index in [4.69, 9.17) is 0 Å². The van der Waals surface area contributed by atoms with Gasteiger partial charge in [-0.05, 0) is 37.8 Å². The van der Waals surface area contributed by atoms with Gasteiger partial charge in [0.05, 0.1) is 13.1 Å². The molecule has 0 fully saturated rings. The van der Waals surface area contributed by atoms with E-state index in [1.54, 1.807) is 0 Å². The van der Waals surface area contributed by atoms with Gasteiger partial charge in [-0.1, -0.05) is 18.2 Å². The first kappa shape index (κ1) is 15.3. The summed E-state index contributed by atoms with van der Waals surface area (Å²) in [6.07, 6.45) is 4.01. The number of benzene rings is 1. The Bertz CT molecular complexity index is 754. The van der Waals surface area contributed by atoms with E-state index in [0.29, 0.717) is 6.54 Å². The quantitative estimate of drug-likeness (QED) is 0.928. The molecule has 3 heterocycles. The molecular weight excluding hydrogens is 302 g/mol. The average molecular weight is 325 g/mol. The summed E-state index contributed by atoms with van der Waals surface area (Å²) >= 11 is 0. The van der Waals surface area contributed by atoms with Gasteiger partial charge in [0.1, 0.15) is 11.6 Å². The highest BCUT2D eigenvalue weighted by atomic mass is 16.2. The lowest BCUT2D eigenvalue weighted by Gasteiger charge is -2.30. The molecule has 1 N–H and O–H groups in total. The largest absolute Gasteiger partial charge is 0.311 e. The van der Waals surface area contributed by atoms with Gasteiger partial charge in [0, 0.05) is 24.7 Å². The predicted octanol–water partition coefficient (Wildman–Crippen LogP) is 1.47. The van der Waals surface area contributed by atoms with Crippen LogP contribution >= 0.6 is 0 Å². The summed E-state index contributed by atoms with van der Waals surface area (Å²) in [6.45, 7) is 3.90. The fourth-order valence-corrected chi connectivity index (χ4v) is 3.72. The molecule has 0 spiro atoms. The van der Waals surface area contributed by atoms with E-state index in [9.17, 15) is 4.79 Å². The summed E-state index contributed by atoms with van der Waals surface area (Å²) in [4.78, 5) is 19.0. The van der Waals surface area contributed by atoms with Gasteiger partial charge in [-0.15, -0.1) is 0 Å². The fourth-order valence-electron chi connectivity index (χ4n) is 3.72. The zero-order valence-corrected chi connectivity index (χ0v) is 14.0. The molecule has 2 aliphatic rings. The SMILES string of the molecule is Cc1nc2n(n1)CC(NCC(=O)N1CCCc3ccccc31)CC2. The average Bonchev–Trinajstić information content (AvgIpc) is 2.98. The minimum Gasteiger partial charge on any atom is -0.311 e. The number of aromatic nitrogens is 3. The van der Waals surface area contributed by atoms with Crippen LogP contribution in [0, 0.1) is 6.92 Å². The van der Waals surface area contributed by atoms with E-state index in [1.165, 1.54) is 5.56 Å². The first-order chi connectivity index (χ1) is 11.7. The van der Waals surface area contributed by atoms with Crippen LogP contribution in [-0.2, 0) is 24.2 Å². The summed E-state index contributed by atoms with van der Waals surface area (Å²) < 4.78 is 1.97. The summed E-state index contributed by atoms with van der Waals surface area (Å²) in [5.41, 5.74) is 2.35. The van der Waals surface area contributed by atoms with Crippen LogP contribution < -0.4 is 10.2 Å². The molecule has 2 aliphatic heterocycles. The predicted molar refractivity (Wildman–Crippen MR) is 92.0 cm³/mol. The second-order valence-electron chi connectivity index (χ2n) is 6.65. The Hall–Kier alpha value is -2.21. The van der Waals surface area contributed by atoms with Crippen molar-refractivity contribution in [1.29, 1.82) is 0 Å². The molecule has 1 aromatic carbocycles. The van der Waals surface area contributed by atoms with Crippen LogP contribution in [0.1, 0.15) is 30.1 Å². The van der Waals surface area contributed by atoms with Crippen LogP contribution in [0.5, 0.6) is 0 Å². The van der Waals surface area contributed by atoms with Crippen molar-refractivity contribution in [3.63, 3.8) is 0 Å². The molecule has 1 aromatic heterocycles. The molecule has 1 atom stereocenters. The van der Waals surface area contributed by atoms with Crippen LogP contribution in [-0.4, -0.2) is 39.8 Å². The minimum absolute atomic E-state index is 0.155. The Kier molecular flexibility index (Phi) is 4.06. The Balaban J connectivity index is 1.38. The molecule has 0 aliphatic carbocycles. The van der Waals surface area contributed by atoms with Gasteiger partial charge in [-0.25, -0.2) is 9.67 Å². The number of hydrogen-bond donors (Lipinski definition) is 1. The standard InChI is InChI=1S/C18H23N5O/c1-13-20-17-9-8-15(12-23(17)21-13)19-11-18(24)22-10-4-6-14-5-2-3-7-16(14)22/h2-3,5,7,15,19H,4,6,8-12H2,1H3. The molecule has 4 rings (SSSR count). The van der Waals surface area contributed by atoms with Gasteiger partial charge in [0.2, 0.25) is 5.91 Å². The number of rotatable bonds is 3. The Morgan fingerprint density at radius 2 is 2.21 bits per heavy atom. The number of fused-ring (bicyclic) bond motifs is 2. The number of carbonyl (C=O) groups is 1. The van der Waals surface area contributed by atoms with Crippen molar-refractivity contribution in [2.45, 2.75) is 45.2 Å². The zero-order chi connectivity index (χ0) is 16.5. The summed E-state index contributed by atoms with van der Waals surface area (Å²) in [6, 6.07) is 8.51. The number of hydrogen-bond acceptors (Lipinski definition) is 4. The number of amides is 1. The highest BCUT2D eigenvalue weighted by Crippen LogP contribution is 2.26. The maximum Gasteiger partial charge on any atom is 0.240 e. The lowest BCUT2D eigenvalue weighted by atomic mass is 10.0. The van der Waals surface area contributed by atoms with Gasteiger partial charge in [-0.2, -0.15) is 5.10 Å². The number of para-hydroxylation sites is 1. The van der Waals surface area contributed by atoms with Gasteiger partial charge in [0.15, 0.2) is 0 Å². The normalized spacial score (nSPS) is 19.7. The number of aryl methyl sites for hydroxylation is 3. The first-order valence-corrected chi connectivity index (χ1v) is 8.72. The van der Waals surface area contributed by atoms with Crippen molar-refractivity contribution in [3.05, 3.63) is 41.5 Å². The molecule has 6 heteroatoms. The minimum atomic E-state index is 0.155. The van der Waals surface area contributed by atoms with E-state index in [2.05, 4.69) is 27.5 Å². The molecule has 1 unspecified atom stereocenters. The monoisotopic (exact) mass is 325 g/mol. The molecule has 0 bridgehead atoms. The Morgan fingerprint density at radius 1 is 1.33 bits per heavy atom. The molecule has 1 amide bonds. The topological polar surface area (TPSA) is 63.1 Å². The molecule has 24 heavy (non-hydrogen) atoms. The van der Waals surface area contributed by atoms with Gasteiger partial charge < -0.3 is 10.2 Å². The highest BCUT2D eigenvalue weighted by Gasteiger charge is 2.24. The molecule has 2 aromatic rings. The van der Waals surface area contributed by atoms with Crippen molar-refractivity contribution < 1.29 is 4.79 Å². The van der Waals surface area contributed by atoms with Gasteiger partial charge >= 0.3 is 0 Å². The first-order valence-electron chi connectivity index (χ1n) is 8.72. The van der Waals surface area contributed by atoms with Crippen LogP contribution in [0.25, 0.3) is 0 Å². The van der Waals surface area contributed by atoms with Gasteiger partial charge in [-0.3, -0.25) is 4.79 Å². The zero-order valence-electron chi connectivity index (χ0n) is 14.0. The maximum absolute atomic E-state index is 12.7. The number of carbonyl (C=O) groups excluding carboxylic acids is 1. The van der Waals surface area contributed by atoms with Crippen LogP contribution in [0.3, 0.4) is 0 Å². The smallest absolute Gasteiger partial charge is 0.240 e. The van der Waals surface area contributed by atoms with Gasteiger partial charge in [0.25, 0.3) is 0 Å². The second kappa shape index (κ2) is 6.36. The van der Waals surface area contributed by atoms with E-state index in [-0.39, 0.29) is 11.9 Å². The molecule has 6 nitrogen and oxygen atoms in total. The van der Waals surface area contributed by atoms with Crippen molar-refractivity contribution in [2.24, 2.45) is 0 Å². The lowest BCUT2D eigenvalue weighted by molar-refractivity contribution is -0.118. The van der Waals surface area contributed by atoms with Crippen LogP contribution in [0.15, 0.2) is 24.3 Å². The fraction of sp³-hybridized carbons (Fsp3) is 0.500. The lowest BCUT2D eigenvalue weighted by Crippen LogP contribution is -2.46. The summed E-state index contributed by atoms with van der Waals surface area (Å²) in [5, 5.41) is 7.84. The molecular formula is C18H23N5O.